The SMILES string of the molecule is CC(C)(CN)CCN(CC(N)=O)C1CCCC1. The van der Waals surface area contributed by atoms with Gasteiger partial charge in [0.05, 0.1) is 6.54 Å². The van der Waals surface area contributed by atoms with Gasteiger partial charge in [0.2, 0.25) is 5.91 Å². The molecule has 4 N–H and O–H groups in total. The Bertz CT molecular complexity index is 247. The molecule has 0 aromatic carbocycles. The van der Waals surface area contributed by atoms with Crippen LogP contribution in [0.1, 0.15) is 46.0 Å². The Kier molecular flexibility index (Phi) is 5.40. The summed E-state index contributed by atoms with van der Waals surface area (Å²) in [4.78, 5) is 13.4. The van der Waals surface area contributed by atoms with Gasteiger partial charge < -0.3 is 11.5 Å². The molecule has 1 amide bonds. The number of hydrogen-bond donors (Lipinski definition) is 2. The van der Waals surface area contributed by atoms with E-state index in [0.29, 0.717) is 19.1 Å². The predicted octanol–water partition coefficient (Wildman–Crippen LogP) is 1.09. The van der Waals surface area contributed by atoms with E-state index in [1.807, 2.05) is 0 Å². The summed E-state index contributed by atoms with van der Waals surface area (Å²) in [6.45, 7) is 6.35. The van der Waals surface area contributed by atoms with Gasteiger partial charge in [0.15, 0.2) is 0 Å². The molecule has 0 aromatic rings. The Morgan fingerprint density at radius 3 is 2.41 bits per heavy atom. The van der Waals surface area contributed by atoms with Crippen molar-refractivity contribution in [1.82, 2.24) is 4.90 Å². The van der Waals surface area contributed by atoms with Crippen LogP contribution in [0.5, 0.6) is 0 Å². The summed E-state index contributed by atoms with van der Waals surface area (Å²) in [7, 11) is 0. The zero-order chi connectivity index (χ0) is 12.9. The van der Waals surface area contributed by atoms with Gasteiger partial charge in [0, 0.05) is 6.04 Å². The van der Waals surface area contributed by atoms with E-state index in [0.717, 1.165) is 13.0 Å². The molecule has 1 aliphatic rings. The summed E-state index contributed by atoms with van der Waals surface area (Å²) >= 11 is 0. The van der Waals surface area contributed by atoms with Crippen LogP contribution in [-0.4, -0.2) is 36.5 Å². The summed E-state index contributed by atoms with van der Waals surface area (Å²) in [6, 6.07) is 0.552. The second-order valence-electron chi connectivity index (χ2n) is 5.99. The van der Waals surface area contributed by atoms with E-state index < -0.39 is 0 Å². The van der Waals surface area contributed by atoms with Crippen molar-refractivity contribution in [3.8, 4) is 0 Å². The topological polar surface area (TPSA) is 72.3 Å². The highest BCUT2D eigenvalue weighted by Gasteiger charge is 2.25. The summed E-state index contributed by atoms with van der Waals surface area (Å²) < 4.78 is 0. The van der Waals surface area contributed by atoms with E-state index in [9.17, 15) is 4.79 Å². The van der Waals surface area contributed by atoms with Gasteiger partial charge in [0.25, 0.3) is 0 Å². The van der Waals surface area contributed by atoms with Crippen LogP contribution in [0.2, 0.25) is 0 Å². The van der Waals surface area contributed by atoms with Gasteiger partial charge in [-0.05, 0) is 37.8 Å². The van der Waals surface area contributed by atoms with Crippen LogP contribution in [0.15, 0.2) is 0 Å². The van der Waals surface area contributed by atoms with E-state index in [1.54, 1.807) is 0 Å². The van der Waals surface area contributed by atoms with Gasteiger partial charge in [-0.2, -0.15) is 0 Å². The first-order valence-corrected chi connectivity index (χ1v) is 6.67. The Morgan fingerprint density at radius 2 is 1.94 bits per heavy atom. The van der Waals surface area contributed by atoms with Crippen LogP contribution < -0.4 is 11.5 Å². The average Bonchev–Trinajstić information content (AvgIpc) is 2.77. The zero-order valence-electron chi connectivity index (χ0n) is 11.2. The largest absolute Gasteiger partial charge is 0.369 e. The molecule has 0 aliphatic heterocycles. The number of rotatable bonds is 7. The molecule has 1 saturated carbocycles. The third-order valence-electron chi connectivity index (χ3n) is 3.83. The molecule has 0 spiro atoms. The molecule has 0 heterocycles. The highest BCUT2D eigenvalue weighted by molar-refractivity contribution is 5.75. The van der Waals surface area contributed by atoms with Crippen molar-refractivity contribution in [3.63, 3.8) is 0 Å². The molecule has 1 fully saturated rings. The quantitative estimate of drug-likeness (QED) is 0.701. The first-order valence-electron chi connectivity index (χ1n) is 6.67. The first-order chi connectivity index (χ1) is 7.94. The van der Waals surface area contributed by atoms with Gasteiger partial charge in [-0.25, -0.2) is 0 Å². The molecule has 1 aliphatic carbocycles. The van der Waals surface area contributed by atoms with Crippen molar-refractivity contribution < 1.29 is 4.79 Å². The van der Waals surface area contributed by atoms with E-state index in [-0.39, 0.29) is 11.3 Å². The average molecular weight is 241 g/mol. The lowest BCUT2D eigenvalue weighted by molar-refractivity contribution is -0.119. The fraction of sp³-hybridized carbons (Fsp3) is 0.923. The van der Waals surface area contributed by atoms with Crippen molar-refractivity contribution >= 4 is 5.91 Å². The third kappa shape index (κ3) is 5.04. The van der Waals surface area contributed by atoms with Crippen molar-refractivity contribution in [2.75, 3.05) is 19.6 Å². The summed E-state index contributed by atoms with van der Waals surface area (Å²) in [6.07, 6.45) is 5.99. The van der Waals surface area contributed by atoms with Gasteiger partial charge in [-0.15, -0.1) is 0 Å². The molecule has 0 unspecified atom stereocenters. The standard InChI is InChI=1S/C13H27N3O/c1-13(2,10-14)7-8-16(9-12(15)17)11-5-3-4-6-11/h11H,3-10,14H2,1-2H3,(H2,15,17). The summed E-state index contributed by atoms with van der Waals surface area (Å²) in [5.41, 5.74) is 11.2. The Hall–Kier alpha value is -0.610. The highest BCUT2D eigenvalue weighted by Crippen LogP contribution is 2.25. The molecular formula is C13H27N3O. The Labute approximate surface area is 105 Å². The van der Waals surface area contributed by atoms with E-state index in [4.69, 9.17) is 11.5 Å². The maximum Gasteiger partial charge on any atom is 0.231 e. The number of carbonyl (C=O) groups excluding carboxylic acids is 1. The number of primary amides is 1. The summed E-state index contributed by atoms with van der Waals surface area (Å²) in [5.74, 6) is -0.220. The van der Waals surface area contributed by atoms with Crippen molar-refractivity contribution in [2.24, 2.45) is 16.9 Å². The molecule has 0 atom stereocenters. The third-order valence-corrected chi connectivity index (χ3v) is 3.83. The number of carbonyl (C=O) groups is 1. The number of nitrogens with two attached hydrogens (primary N) is 2. The minimum atomic E-state index is -0.220. The number of hydrogen-bond acceptors (Lipinski definition) is 3. The number of amides is 1. The minimum absolute atomic E-state index is 0.147. The Morgan fingerprint density at radius 1 is 1.35 bits per heavy atom. The maximum atomic E-state index is 11.1. The smallest absolute Gasteiger partial charge is 0.231 e. The van der Waals surface area contributed by atoms with Gasteiger partial charge in [-0.1, -0.05) is 26.7 Å². The Balaban J connectivity index is 2.48. The summed E-state index contributed by atoms with van der Waals surface area (Å²) in [5, 5.41) is 0. The van der Waals surface area contributed by atoms with Crippen LogP contribution in [-0.2, 0) is 4.79 Å². The second kappa shape index (κ2) is 6.36. The first kappa shape index (κ1) is 14.5. The molecular weight excluding hydrogens is 214 g/mol. The fourth-order valence-electron chi connectivity index (χ4n) is 2.41. The lowest BCUT2D eigenvalue weighted by Crippen LogP contribution is -2.42. The molecule has 4 nitrogen and oxygen atoms in total. The van der Waals surface area contributed by atoms with Crippen LogP contribution in [0.25, 0.3) is 0 Å². The van der Waals surface area contributed by atoms with Crippen molar-refractivity contribution in [2.45, 2.75) is 52.0 Å². The van der Waals surface area contributed by atoms with Crippen LogP contribution in [0.4, 0.5) is 0 Å². The molecule has 0 saturated heterocycles. The second-order valence-corrected chi connectivity index (χ2v) is 5.99. The molecule has 100 valence electrons. The lowest BCUT2D eigenvalue weighted by Gasteiger charge is -2.31. The number of nitrogens with zero attached hydrogens (tertiary/aromatic N) is 1. The van der Waals surface area contributed by atoms with E-state index in [2.05, 4.69) is 18.7 Å². The predicted molar refractivity (Wildman–Crippen MR) is 70.5 cm³/mol. The molecule has 0 bridgehead atoms. The lowest BCUT2D eigenvalue weighted by atomic mass is 9.89. The molecule has 4 heteroatoms. The van der Waals surface area contributed by atoms with E-state index >= 15 is 0 Å². The molecule has 17 heavy (non-hydrogen) atoms. The van der Waals surface area contributed by atoms with Crippen LogP contribution in [0, 0.1) is 5.41 Å². The highest BCUT2D eigenvalue weighted by atomic mass is 16.1. The minimum Gasteiger partial charge on any atom is -0.369 e. The maximum absolute atomic E-state index is 11.1. The van der Waals surface area contributed by atoms with Crippen molar-refractivity contribution in [1.29, 1.82) is 0 Å². The normalized spacial score (nSPS) is 17.9. The van der Waals surface area contributed by atoms with Gasteiger partial charge >= 0.3 is 0 Å². The molecule has 0 radical (unpaired) electrons. The van der Waals surface area contributed by atoms with Crippen molar-refractivity contribution in [3.05, 3.63) is 0 Å². The van der Waals surface area contributed by atoms with E-state index in [1.165, 1.54) is 25.7 Å². The zero-order valence-corrected chi connectivity index (χ0v) is 11.2. The van der Waals surface area contributed by atoms with Crippen LogP contribution in [0.3, 0.4) is 0 Å². The van der Waals surface area contributed by atoms with Gasteiger partial charge in [-0.3, -0.25) is 9.69 Å². The van der Waals surface area contributed by atoms with Crippen LogP contribution >= 0.6 is 0 Å². The molecule has 1 rings (SSSR count). The monoisotopic (exact) mass is 241 g/mol. The van der Waals surface area contributed by atoms with Gasteiger partial charge in [0.1, 0.15) is 0 Å². The molecule has 0 aromatic heterocycles. The fourth-order valence-corrected chi connectivity index (χ4v) is 2.41.